The van der Waals surface area contributed by atoms with Crippen LogP contribution in [0.4, 0.5) is 4.39 Å². The normalized spacial score (nSPS) is 22.8. The van der Waals surface area contributed by atoms with Gasteiger partial charge in [-0.15, -0.1) is 0 Å². The second-order valence-electron chi connectivity index (χ2n) is 5.32. The Hall–Kier alpha value is -1.21. The van der Waals surface area contributed by atoms with Crippen LogP contribution in [-0.2, 0) is 0 Å². The van der Waals surface area contributed by atoms with E-state index in [-0.39, 0.29) is 23.7 Å². The average molecular weight is 282 g/mol. The fourth-order valence-electron chi connectivity index (χ4n) is 2.74. The molecule has 0 aromatic heterocycles. The molecule has 0 aliphatic carbocycles. The first-order valence-corrected chi connectivity index (χ1v) is 6.75. The summed E-state index contributed by atoms with van der Waals surface area (Å²) in [7, 11) is 5.57. The number of hydrogen-bond acceptors (Lipinski definition) is 5. The Bertz CT molecular complexity index is 457. The van der Waals surface area contributed by atoms with Gasteiger partial charge in [-0.05, 0) is 20.2 Å². The molecule has 1 saturated heterocycles. The van der Waals surface area contributed by atoms with Gasteiger partial charge >= 0.3 is 0 Å². The first-order valence-electron chi connectivity index (χ1n) is 6.75. The molecule has 1 aromatic rings. The van der Waals surface area contributed by atoms with Gasteiger partial charge in [0.2, 0.25) is 0 Å². The quantitative estimate of drug-likeness (QED) is 0.625. The molecule has 1 fully saturated rings. The Morgan fingerprint density at radius 1 is 1.40 bits per heavy atom. The number of ether oxygens (including phenoxy) is 1. The third kappa shape index (κ3) is 2.93. The third-order valence-corrected chi connectivity index (χ3v) is 4.01. The maximum absolute atomic E-state index is 14.4. The van der Waals surface area contributed by atoms with Crippen LogP contribution in [0.2, 0.25) is 0 Å². The van der Waals surface area contributed by atoms with Crippen molar-refractivity contribution >= 4 is 0 Å². The summed E-state index contributed by atoms with van der Waals surface area (Å²) in [4.78, 5) is 4.44. The van der Waals surface area contributed by atoms with E-state index in [0.29, 0.717) is 5.56 Å². The topological polar surface area (TPSA) is 53.8 Å². The number of nitrogens with one attached hydrogen (secondary N) is 1. The number of hydrazine groups is 1. The summed E-state index contributed by atoms with van der Waals surface area (Å²) in [6, 6.07) is 4.99. The van der Waals surface area contributed by atoms with E-state index >= 15 is 0 Å². The zero-order chi connectivity index (χ0) is 14.7. The van der Waals surface area contributed by atoms with Crippen LogP contribution < -0.4 is 16.0 Å². The second-order valence-corrected chi connectivity index (χ2v) is 5.32. The van der Waals surface area contributed by atoms with Crippen molar-refractivity contribution in [3.8, 4) is 5.75 Å². The molecular formula is C14H23FN4O. The molecule has 2 unspecified atom stereocenters. The smallest absolute Gasteiger partial charge is 0.169 e. The highest BCUT2D eigenvalue weighted by Crippen LogP contribution is 2.29. The Balaban J connectivity index is 2.32. The van der Waals surface area contributed by atoms with Crippen LogP contribution >= 0.6 is 0 Å². The van der Waals surface area contributed by atoms with Crippen LogP contribution in [0.25, 0.3) is 0 Å². The van der Waals surface area contributed by atoms with Gasteiger partial charge in [-0.1, -0.05) is 12.1 Å². The molecule has 1 heterocycles. The largest absolute Gasteiger partial charge is 0.494 e. The lowest BCUT2D eigenvalue weighted by atomic mass is 9.96. The Morgan fingerprint density at radius 3 is 2.80 bits per heavy atom. The minimum Gasteiger partial charge on any atom is -0.494 e. The number of methoxy groups -OCH3 is 1. The summed E-state index contributed by atoms with van der Waals surface area (Å²) in [5.74, 6) is 5.60. The Labute approximate surface area is 119 Å². The number of rotatable bonds is 4. The van der Waals surface area contributed by atoms with Crippen molar-refractivity contribution in [2.75, 3.05) is 40.8 Å². The fourth-order valence-corrected chi connectivity index (χ4v) is 2.74. The standard InChI is InChI=1S/C14H23FN4O/c1-18-7-8-19(2)11(9-18)14(17-16)10-5-4-6-12(20-3)13(10)15/h4-6,11,14,17H,7-9,16H2,1-3H3. The lowest BCUT2D eigenvalue weighted by molar-refractivity contribution is 0.0865. The lowest BCUT2D eigenvalue weighted by Gasteiger charge is -2.41. The molecule has 6 heteroatoms. The molecule has 1 aliphatic rings. The number of nitrogens with zero attached hydrogens (tertiary/aromatic N) is 2. The molecule has 1 aliphatic heterocycles. The highest BCUT2D eigenvalue weighted by Gasteiger charge is 2.32. The average Bonchev–Trinajstić information content (AvgIpc) is 2.45. The number of piperazine rings is 1. The Morgan fingerprint density at radius 2 is 2.15 bits per heavy atom. The van der Waals surface area contributed by atoms with Gasteiger partial charge in [-0.3, -0.25) is 16.2 Å². The van der Waals surface area contributed by atoms with E-state index in [0.717, 1.165) is 19.6 Å². The van der Waals surface area contributed by atoms with E-state index in [1.165, 1.54) is 7.11 Å². The highest BCUT2D eigenvalue weighted by atomic mass is 19.1. The van der Waals surface area contributed by atoms with Gasteiger partial charge in [0.1, 0.15) is 0 Å². The van der Waals surface area contributed by atoms with Gasteiger partial charge in [0.25, 0.3) is 0 Å². The first kappa shape index (κ1) is 15.2. The van der Waals surface area contributed by atoms with Crippen LogP contribution in [0.15, 0.2) is 18.2 Å². The van der Waals surface area contributed by atoms with E-state index in [2.05, 4.69) is 22.3 Å². The lowest BCUT2D eigenvalue weighted by Crippen LogP contribution is -2.56. The number of benzene rings is 1. The van der Waals surface area contributed by atoms with E-state index in [1.807, 2.05) is 7.05 Å². The summed E-state index contributed by atoms with van der Waals surface area (Å²) in [5.41, 5.74) is 3.31. The van der Waals surface area contributed by atoms with Crippen molar-refractivity contribution in [3.05, 3.63) is 29.6 Å². The predicted octanol–water partition coefficient (Wildman–Crippen LogP) is 0.585. The zero-order valence-corrected chi connectivity index (χ0v) is 12.3. The first-order chi connectivity index (χ1) is 9.58. The molecule has 2 rings (SSSR count). The maximum atomic E-state index is 14.4. The zero-order valence-electron chi connectivity index (χ0n) is 12.3. The van der Waals surface area contributed by atoms with Crippen LogP contribution in [0.3, 0.4) is 0 Å². The monoisotopic (exact) mass is 282 g/mol. The Kier molecular flexibility index (Phi) is 4.93. The van der Waals surface area contributed by atoms with Crippen molar-refractivity contribution in [1.82, 2.24) is 15.2 Å². The van der Waals surface area contributed by atoms with Gasteiger partial charge in [-0.2, -0.15) is 0 Å². The summed E-state index contributed by atoms with van der Waals surface area (Å²) < 4.78 is 19.5. The van der Waals surface area contributed by atoms with Crippen LogP contribution in [-0.4, -0.2) is 56.7 Å². The van der Waals surface area contributed by atoms with Crippen molar-refractivity contribution < 1.29 is 9.13 Å². The molecule has 0 radical (unpaired) electrons. The molecule has 112 valence electrons. The molecule has 1 aromatic carbocycles. The van der Waals surface area contributed by atoms with Gasteiger partial charge in [-0.25, -0.2) is 4.39 Å². The molecule has 2 atom stereocenters. The van der Waals surface area contributed by atoms with E-state index in [9.17, 15) is 4.39 Å². The van der Waals surface area contributed by atoms with Gasteiger partial charge < -0.3 is 9.64 Å². The van der Waals surface area contributed by atoms with E-state index in [4.69, 9.17) is 10.6 Å². The number of likely N-dealkylation sites (N-methyl/N-ethyl adjacent to an activating group) is 2. The maximum Gasteiger partial charge on any atom is 0.169 e. The SMILES string of the molecule is COc1cccc(C(NN)C2CN(C)CCN2C)c1F. The molecule has 0 amide bonds. The predicted molar refractivity (Wildman–Crippen MR) is 76.9 cm³/mol. The molecular weight excluding hydrogens is 259 g/mol. The minimum absolute atomic E-state index is 0.111. The van der Waals surface area contributed by atoms with Gasteiger partial charge in [0.05, 0.1) is 13.2 Å². The van der Waals surface area contributed by atoms with Crippen molar-refractivity contribution in [2.24, 2.45) is 5.84 Å². The fraction of sp³-hybridized carbons (Fsp3) is 0.571. The van der Waals surface area contributed by atoms with E-state index in [1.54, 1.807) is 18.2 Å². The summed E-state index contributed by atoms with van der Waals surface area (Å²) in [6.45, 7) is 2.78. The molecule has 0 spiro atoms. The van der Waals surface area contributed by atoms with Crippen LogP contribution in [0.5, 0.6) is 5.75 Å². The molecule has 0 bridgehead atoms. The van der Waals surface area contributed by atoms with Crippen molar-refractivity contribution in [2.45, 2.75) is 12.1 Å². The van der Waals surface area contributed by atoms with E-state index < -0.39 is 0 Å². The number of hydrogen-bond donors (Lipinski definition) is 2. The third-order valence-electron chi connectivity index (χ3n) is 4.01. The summed E-state index contributed by atoms with van der Waals surface area (Å²) in [5, 5.41) is 0. The minimum atomic E-state index is -0.348. The number of halogens is 1. The van der Waals surface area contributed by atoms with Crippen molar-refractivity contribution in [3.63, 3.8) is 0 Å². The van der Waals surface area contributed by atoms with Crippen LogP contribution in [0.1, 0.15) is 11.6 Å². The number of nitrogens with two attached hydrogens (primary N) is 1. The van der Waals surface area contributed by atoms with Gasteiger partial charge in [0.15, 0.2) is 11.6 Å². The highest BCUT2D eigenvalue weighted by molar-refractivity contribution is 5.34. The van der Waals surface area contributed by atoms with Crippen LogP contribution in [0, 0.1) is 5.82 Å². The molecule has 3 N–H and O–H groups in total. The molecule has 0 saturated carbocycles. The molecule has 20 heavy (non-hydrogen) atoms. The van der Waals surface area contributed by atoms with Crippen molar-refractivity contribution in [1.29, 1.82) is 0 Å². The summed E-state index contributed by atoms with van der Waals surface area (Å²) in [6.07, 6.45) is 0. The second kappa shape index (κ2) is 6.49. The summed E-state index contributed by atoms with van der Waals surface area (Å²) >= 11 is 0. The van der Waals surface area contributed by atoms with Gasteiger partial charge in [0, 0.05) is 31.2 Å². The molecule has 5 nitrogen and oxygen atoms in total.